The van der Waals surface area contributed by atoms with E-state index in [9.17, 15) is 51.3 Å². The smallest absolute Gasteiger partial charge is 0.333 e. The molecule has 1 fully saturated rings. The molecule has 1 N–H and O–H groups in total. The van der Waals surface area contributed by atoms with Crippen molar-refractivity contribution >= 4 is 57.4 Å². The highest BCUT2D eigenvalue weighted by atomic mass is 32.2. The van der Waals surface area contributed by atoms with Crippen LogP contribution in [0.25, 0.3) is 0 Å². The molecule has 1 rings (SSSR count). The SMILES string of the molecule is C.C=C(C)C(=O)CC(C)(C)S(=O)(=O)[O-].C=C(C)C(=O)CCOC.C=C(C)C(=O)OCCC.C=C(C)C(=O)OCCCC.C=C(C)C(=O)OCCN(CC)CC.C=C(C)C(=O)OCCN1CCCC1=O.C=C(C)C(=O)OCCNC(C)(C)C. The number of ether oxygens (including phenoxy) is 6. The third kappa shape index (κ3) is 57.4. The lowest BCUT2D eigenvalue weighted by Gasteiger charge is -2.27. The molecule has 21 heteroatoms. The first-order valence-electron chi connectivity index (χ1n) is 26.9. The van der Waals surface area contributed by atoms with Crippen LogP contribution in [0.2, 0.25) is 0 Å². The van der Waals surface area contributed by atoms with Crippen LogP contribution in [-0.2, 0) is 76.9 Å². The number of rotatable bonds is 29. The Bertz CT molecular complexity index is 2100. The zero-order valence-corrected chi connectivity index (χ0v) is 53.4. The highest BCUT2D eigenvalue weighted by Gasteiger charge is 2.29. The molecule has 0 bridgehead atoms. The van der Waals surface area contributed by atoms with Crippen LogP contribution in [0.15, 0.2) is 85.1 Å². The average molecular weight is 1190 g/mol. The molecule has 0 aromatic rings. The quantitative estimate of drug-likeness (QED) is 0.0240. The highest BCUT2D eigenvalue weighted by Crippen LogP contribution is 2.21. The molecule has 1 saturated heterocycles. The minimum atomic E-state index is -4.44. The fourth-order valence-corrected chi connectivity index (χ4v) is 5.03. The van der Waals surface area contributed by atoms with E-state index in [4.69, 9.17) is 28.4 Å². The zero-order valence-electron chi connectivity index (χ0n) is 52.6. The van der Waals surface area contributed by atoms with E-state index in [-0.39, 0.29) is 67.1 Å². The van der Waals surface area contributed by atoms with E-state index in [1.807, 2.05) is 6.92 Å². The summed E-state index contributed by atoms with van der Waals surface area (Å²) in [5.41, 5.74) is 3.15. The molecule has 82 heavy (non-hydrogen) atoms. The van der Waals surface area contributed by atoms with E-state index >= 15 is 0 Å². The number of likely N-dealkylation sites (N-methyl/N-ethyl adjacent to an activating group) is 1. The number of unbranched alkanes of at least 4 members (excludes halogenated alkanes) is 1. The molecule has 0 saturated carbocycles. The van der Waals surface area contributed by atoms with Crippen molar-refractivity contribution in [1.29, 1.82) is 0 Å². The standard InChI is InChI=1S/C10H15NO3.2C10H19NO2.C8H14O4S.C8H14O2.2C7H12O2.CH4/c1-8(2)10(13)14-7-6-11-5-3-4-9(11)12;1-8(2)9(12)13-7-6-11-10(3,4)5;1-5-11(6-2)7-8-13-10(12)9(3)4;1-6(2)7(9)5-8(3,4)13(10,11)12;1-4-5-6-10-8(9)7(2)3;1-6(2)7(8)4-5-9-3;1-4-5-9-7(8)6(2)3;/h1,3-7H2,2H3;11H,1,6-7H2,2-5H3;3,5-8H2,1-2,4H3;1,5H2,2-4H3,(H,10,11,12);2,4-6H2,1,3H3;1,4-5H2,2-3H3;2,4-5H2,1,3H3;1H4/p-1. The number of carbonyl (C=O) groups excluding carboxylic acids is 8. The lowest BCUT2D eigenvalue weighted by molar-refractivity contribution is -0.141. The summed E-state index contributed by atoms with van der Waals surface area (Å²) in [7, 11) is -2.87. The molecule has 0 unspecified atom stereocenters. The summed E-state index contributed by atoms with van der Waals surface area (Å²) in [5.74, 6) is -1.76. The van der Waals surface area contributed by atoms with E-state index in [1.54, 1.807) is 53.6 Å². The Morgan fingerprint density at radius 3 is 1.29 bits per heavy atom. The number of amides is 1. The number of methoxy groups -OCH3 is 1. The molecule has 1 amide bonds. The van der Waals surface area contributed by atoms with E-state index in [0.717, 1.165) is 51.9 Å². The molecule has 0 atom stereocenters. The van der Waals surface area contributed by atoms with Crippen LogP contribution in [0.3, 0.4) is 0 Å². The highest BCUT2D eigenvalue weighted by molar-refractivity contribution is 7.87. The number of likely N-dealkylation sites (tertiary alicyclic amines) is 1. The van der Waals surface area contributed by atoms with Gasteiger partial charge in [0.1, 0.15) is 29.9 Å². The van der Waals surface area contributed by atoms with Crippen LogP contribution in [0.4, 0.5) is 0 Å². The maximum Gasteiger partial charge on any atom is 0.333 e. The fraction of sp³-hybridized carbons (Fsp3) is 0.639. The number of hydrogen-bond acceptors (Lipinski definition) is 19. The summed E-state index contributed by atoms with van der Waals surface area (Å²) >= 11 is 0. The Morgan fingerprint density at radius 2 is 0.976 bits per heavy atom. The number of ketones is 2. The number of carbonyl (C=O) groups is 8. The van der Waals surface area contributed by atoms with Gasteiger partial charge in [0.05, 0.1) is 31.1 Å². The van der Waals surface area contributed by atoms with Crippen molar-refractivity contribution in [1.82, 2.24) is 15.1 Å². The Hall–Kier alpha value is -5.87. The van der Waals surface area contributed by atoms with Gasteiger partial charge in [-0.3, -0.25) is 14.4 Å². The number of esters is 5. The predicted octanol–water partition coefficient (Wildman–Crippen LogP) is 9.74. The predicted molar refractivity (Wildman–Crippen MR) is 327 cm³/mol. The first-order valence-corrected chi connectivity index (χ1v) is 28.3. The summed E-state index contributed by atoms with van der Waals surface area (Å²) in [6.45, 7) is 59.7. The number of allylic oxidation sites excluding steroid dienone is 2. The summed E-state index contributed by atoms with van der Waals surface area (Å²) in [6, 6.07) is 0. The third-order valence-electron chi connectivity index (χ3n) is 9.95. The lowest BCUT2D eigenvalue weighted by atomic mass is 10.0. The normalized spacial score (nSPS) is 11.1. The molecule has 1 aliphatic rings. The number of hydrogen-bond donors (Lipinski definition) is 1. The van der Waals surface area contributed by atoms with E-state index in [2.05, 4.69) is 97.8 Å². The molecule has 20 nitrogen and oxygen atoms in total. The van der Waals surface area contributed by atoms with Gasteiger partial charge >= 0.3 is 29.8 Å². The summed E-state index contributed by atoms with van der Waals surface area (Å²) in [5, 5.41) is 3.21. The van der Waals surface area contributed by atoms with Gasteiger partial charge in [-0.25, -0.2) is 32.4 Å². The first-order chi connectivity index (χ1) is 37.2. The van der Waals surface area contributed by atoms with E-state index in [1.165, 1.54) is 20.8 Å². The van der Waals surface area contributed by atoms with Crippen LogP contribution in [0.5, 0.6) is 0 Å². The van der Waals surface area contributed by atoms with Crippen molar-refractivity contribution in [2.24, 2.45) is 0 Å². The largest absolute Gasteiger partial charge is 0.748 e. The van der Waals surface area contributed by atoms with Crippen molar-refractivity contribution < 1.29 is 79.7 Å². The Morgan fingerprint density at radius 1 is 0.585 bits per heavy atom. The summed E-state index contributed by atoms with van der Waals surface area (Å²) < 4.78 is 59.4. The maximum absolute atomic E-state index is 11.2. The number of nitrogens with one attached hydrogen (secondary N) is 1. The average Bonchev–Trinajstić information content (AvgIpc) is 3.78. The van der Waals surface area contributed by atoms with Crippen molar-refractivity contribution in [2.75, 3.05) is 86.0 Å². The zero-order chi connectivity index (χ0) is 64.7. The second kappa shape index (κ2) is 52.0. The Labute approximate surface area is 495 Å². The monoisotopic (exact) mass is 1190 g/mol. The van der Waals surface area contributed by atoms with Crippen molar-refractivity contribution in [2.45, 2.75) is 173 Å². The van der Waals surface area contributed by atoms with E-state index in [0.29, 0.717) is 92.4 Å². The first kappa shape index (κ1) is 89.9. The maximum atomic E-state index is 11.2. The molecule has 0 radical (unpaired) electrons. The van der Waals surface area contributed by atoms with Gasteiger partial charge in [0.15, 0.2) is 11.6 Å². The second-order valence-electron chi connectivity index (χ2n) is 20.2. The van der Waals surface area contributed by atoms with Crippen LogP contribution in [0.1, 0.15) is 163 Å². The van der Waals surface area contributed by atoms with Crippen LogP contribution >= 0.6 is 0 Å². The molecule has 476 valence electrons. The molecule has 0 aromatic heterocycles. The Kier molecular flexibility index (Phi) is 57.0. The van der Waals surface area contributed by atoms with Crippen molar-refractivity contribution in [3.63, 3.8) is 0 Å². The van der Waals surface area contributed by atoms with Gasteiger partial charge in [0.2, 0.25) is 5.91 Å². The van der Waals surface area contributed by atoms with E-state index < -0.39 is 26.6 Å². The van der Waals surface area contributed by atoms with Crippen molar-refractivity contribution in [3.05, 3.63) is 85.1 Å². The van der Waals surface area contributed by atoms with Gasteiger partial charge < -0.3 is 48.1 Å². The van der Waals surface area contributed by atoms with Gasteiger partial charge in [0, 0.05) is 79.4 Å². The molecule has 0 aliphatic carbocycles. The molecule has 0 spiro atoms. The number of Topliss-reactive ketones (excluding diaryl/α,β-unsaturated/α-hetero) is 2. The topological polar surface area (TPSA) is 268 Å². The Balaban J connectivity index is -0.000000161. The van der Waals surface area contributed by atoms with Crippen LogP contribution in [-0.4, -0.2) is 166 Å². The van der Waals surface area contributed by atoms with Gasteiger partial charge in [-0.05, 0) is 127 Å². The third-order valence-corrected chi connectivity index (χ3v) is 11.4. The molecule has 1 heterocycles. The minimum Gasteiger partial charge on any atom is -0.748 e. The summed E-state index contributed by atoms with van der Waals surface area (Å²) in [4.78, 5) is 91.0. The fourth-order valence-electron chi connectivity index (χ4n) is 4.72. The molecule has 1 aliphatic heterocycles. The summed E-state index contributed by atoms with van der Waals surface area (Å²) in [6.07, 6.45) is 4.50. The van der Waals surface area contributed by atoms with Crippen LogP contribution < -0.4 is 5.32 Å². The van der Waals surface area contributed by atoms with Crippen LogP contribution in [0, 0.1) is 0 Å². The lowest BCUT2D eigenvalue weighted by Crippen LogP contribution is -2.38. The van der Waals surface area contributed by atoms with Gasteiger partial charge in [0.25, 0.3) is 0 Å². The molecule has 0 aromatic carbocycles. The minimum absolute atomic E-state index is 0. The van der Waals surface area contributed by atoms with Gasteiger partial charge in [-0.1, -0.05) is 87.6 Å². The second-order valence-corrected chi connectivity index (χ2v) is 22.2. The van der Waals surface area contributed by atoms with Gasteiger partial charge in [-0.15, -0.1) is 0 Å². The van der Waals surface area contributed by atoms with Gasteiger partial charge in [-0.2, -0.15) is 0 Å². The molecular formula is C61H108N3O17S-. The molecular weight excluding hydrogens is 1080 g/mol. The number of nitrogens with zero attached hydrogens (tertiary/aromatic N) is 2. The van der Waals surface area contributed by atoms with Crippen molar-refractivity contribution in [3.8, 4) is 0 Å².